The highest BCUT2D eigenvalue weighted by Gasteiger charge is 2.10. The molecular formula is C11H19N3O2. The molecule has 1 aromatic heterocycles. The first-order valence-electron chi connectivity index (χ1n) is 5.40. The summed E-state index contributed by atoms with van der Waals surface area (Å²) in [5, 5.41) is 2.83. The molecular weight excluding hydrogens is 206 g/mol. The lowest BCUT2D eigenvalue weighted by atomic mass is 10.3. The van der Waals surface area contributed by atoms with E-state index in [2.05, 4.69) is 10.7 Å². The zero-order valence-electron chi connectivity index (χ0n) is 9.77. The van der Waals surface area contributed by atoms with Crippen molar-refractivity contribution in [2.24, 2.45) is 0 Å². The molecule has 90 valence electrons. The van der Waals surface area contributed by atoms with E-state index in [1.807, 2.05) is 31.5 Å². The number of ether oxygens (including phenoxy) is 1. The van der Waals surface area contributed by atoms with Gasteiger partial charge in [-0.05, 0) is 25.5 Å². The zero-order chi connectivity index (χ0) is 11.8. The normalized spacial score (nSPS) is 12.1. The van der Waals surface area contributed by atoms with Gasteiger partial charge < -0.3 is 15.5 Å². The Morgan fingerprint density at radius 3 is 2.75 bits per heavy atom. The quantitative estimate of drug-likeness (QED) is 0.667. The highest BCUT2D eigenvalue weighted by molar-refractivity contribution is 5.82. The second kappa shape index (κ2) is 6.90. The molecule has 1 aromatic rings. The van der Waals surface area contributed by atoms with Crippen LogP contribution in [0, 0.1) is 0 Å². The van der Waals surface area contributed by atoms with Crippen molar-refractivity contribution in [2.45, 2.75) is 19.4 Å². The van der Waals surface area contributed by atoms with Crippen LogP contribution in [0.2, 0.25) is 0 Å². The van der Waals surface area contributed by atoms with E-state index in [-0.39, 0.29) is 11.9 Å². The van der Waals surface area contributed by atoms with Crippen molar-refractivity contribution >= 4 is 5.91 Å². The van der Waals surface area contributed by atoms with Gasteiger partial charge in [0.25, 0.3) is 0 Å². The van der Waals surface area contributed by atoms with Crippen LogP contribution in [-0.4, -0.2) is 36.9 Å². The minimum Gasteiger partial charge on any atom is -0.385 e. The first kappa shape index (κ1) is 12.6. The minimum atomic E-state index is -0.255. The summed E-state index contributed by atoms with van der Waals surface area (Å²) in [4.78, 5) is 11.6. The Kier molecular flexibility index (Phi) is 5.42. The fourth-order valence-electron chi connectivity index (χ4n) is 1.28. The van der Waals surface area contributed by atoms with E-state index in [0.717, 1.165) is 6.42 Å². The first-order chi connectivity index (χ1) is 7.74. The average Bonchev–Trinajstić information content (AvgIpc) is 2.76. The highest BCUT2D eigenvalue weighted by atomic mass is 16.5. The third-order valence-electron chi connectivity index (χ3n) is 2.16. The van der Waals surface area contributed by atoms with Gasteiger partial charge in [-0.15, -0.1) is 0 Å². The summed E-state index contributed by atoms with van der Waals surface area (Å²) in [5.74, 6) is -0.00944. The number of methoxy groups -OCH3 is 1. The minimum absolute atomic E-state index is 0.00944. The molecule has 2 N–H and O–H groups in total. The van der Waals surface area contributed by atoms with E-state index in [9.17, 15) is 4.79 Å². The van der Waals surface area contributed by atoms with Gasteiger partial charge in [-0.3, -0.25) is 9.47 Å². The van der Waals surface area contributed by atoms with Crippen molar-refractivity contribution in [3.8, 4) is 0 Å². The highest BCUT2D eigenvalue weighted by Crippen LogP contribution is 1.90. The van der Waals surface area contributed by atoms with Gasteiger partial charge in [-0.1, -0.05) is 0 Å². The van der Waals surface area contributed by atoms with Gasteiger partial charge in [0.05, 0.1) is 0 Å². The molecule has 1 rings (SSSR count). The van der Waals surface area contributed by atoms with Gasteiger partial charge >= 0.3 is 0 Å². The number of nitrogens with zero attached hydrogens (tertiary/aromatic N) is 1. The number of carbonyl (C=O) groups excluding carboxylic acids is 1. The maximum Gasteiger partial charge on any atom is 0.243 e. The summed E-state index contributed by atoms with van der Waals surface area (Å²) >= 11 is 0. The van der Waals surface area contributed by atoms with Crippen LogP contribution < -0.4 is 10.7 Å². The summed E-state index contributed by atoms with van der Waals surface area (Å²) in [7, 11) is 1.65. The van der Waals surface area contributed by atoms with Crippen LogP contribution in [0.4, 0.5) is 0 Å². The number of hydrogen-bond acceptors (Lipinski definition) is 3. The summed E-state index contributed by atoms with van der Waals surface area (Å²) < 4.78 is 6.66. The molecule has 0 spiro atoms. The lowest BCUT2D eigenvalue weighted by Crippen LogP contribution is -2.41. The van der Waals surface area contributed by atoms with E-state index < -0.39 is 0 Å². The van der Waals surface area contributed by atoms with E-state index in [1.54, 1.807) is 11.8 Å². The largest absolute Gasteiger partial charge is 0.385 e. The van der Waals surface area contributed by atoms with Gasteiger partial charge in [-0.25, -0.2) is 0 Å². The zero-order valence-corrected chi connectivity index (χ0v) is 9.77. The number of carbonyl (C=O) groups is 1. The number of rotatable bonds is 7. The molecule has 1 heterocycles. The SMILES string of the molecule is COCCCNC(=O)C(C)Nn1cccc1. The summed E-state index contributed by atoms with van der Waals surface area (Å²) in [6.45, 7) is 3.13. The predicted octanol–water partition coefficient (Wildman–Crippen LogP) is 0.573. The number of aromatic nitrogens is 1. The molecule has 0 aromatic carbocycles. The molecule has 0 fully saturated rings. The first-order valence-corrected chi connectivity index (χ1v) is 5.40. The number of nitrogens with one attached hydrogen (secondary N) is 2. The molecule has 5 heteroatoms. The van der Waals surface area contributed by atoms with Gasteiger partial charge in [0, 0.05) is 32.7 Å². The van der Waals surface area contributed by atoms with Crippen LogP contribution in [-0.2, 0) is 9.53 Å². The van der Waals surface area contributed by atoms with Crippen LogP contribution in [0.15, 0.2) is 24.5 Å². The third kappa shape index (κ3) is 4.35. The maximum atomic E-state index is 11.6. The van der Waals surface area contributed by atoms with Gasteiger partial charge in [0.2, 0.25) is 5.91 Å². The lowest BCUT2D eigenvalue weighted by molar-refractivity contribution is -0.121. The average molecular weight is 225 g/mol. The Bertz CT molecular complexity index is 298. The molecule has 0 aliphatic carbocycles. The monoisotopic (exact) mass is 225 g/mol. The van der Waals surface area contributed by atoms with Crippen molar-refractivity contribution in [2.75, 3.05) is 25.7 Å². The Balaban J connectivity index is 2.20. The second-order valence-corrected chi connectivity index (χ2v) is 3.58. The van der Waals surface area contributed by atoms with E-state index >= 15 is 0 Å². The van der Waals surface area contributed by atoms with Gasteiger partial charge in [0.1, 0.15) is 6.04 Å². The topological polar surface area (TPSA) is 55.3 Å². The fourth-order valence-corrected chi connectivity index (χ4v) is 1.28. The lowest BCUT2D eigenvalue weighted by Gasteiger charge is -2.15. The summed E-state index contributed by atoms with van der Waals surface area (Å²) in [5.41, 5.74) is 3.04. The van der Waals surface area contributed by atoms with Crippen LogP contribution in [0.5, 0.6) is 0 Å². The predicted molar refractivity (Wildman–Crippen MR) is 62.8 cm³/mol. The van der Waals surface area contributed by atoms with Crippen molar-refractivity contribution in [3.63, 3.8) is 0 Å². The van der Waals surface area contributed by atoms with E-state index in [4.69, 9.17) is 4.74 Å². The molecule has 1 unspecified atom stereocenters. The Hall–Kier alpha value is -1.49. The van der Waals surface area contributed by atoms with Crippen molar-refractivity contribution < 1.29 is 9.53 Å². The molecule has 0 saturated carbocycles. The smallest absolute Gasteiger partial charge is 0.243 e. The van der Waals surface area contributed by atoms with Crippen LogP contribution in [0.1, 0.15) is 13.3 Å². The maximum absolute atomic E-state index is 11.6. The Morgan fingerprint density at radius 1 is 1.44 bits per heavy atom. The van der Waals surface area contributed by atoms with Crippen LogP contribution in [0.3, 0.4) is 0 Å². The van der Waals surface area contributed by atoms with Crippen molar-refractivity contribution in [1.29, 1.82) is 0 Å². The van der Waals surface area contributed by atoms with Crippen LogP contribution >= 0.6 is 0 Å². The standard InChI is InChI=1S/C11H19N3O2/c1-10(13-14-7-3-4-8-14)11(15)12-6-5-9-16-2/h3-4,7-8,10,13H,5-6,9H2,1-2H3,(H,12,15). The van der Waals surface area contributed by atoms with E-state index in [1.165, 1.54) is 0 Å². The molecule has 0 bridgehead atoms. The van der Waals surface area contributed by atoms with Gasteiger partial charge in [0.15, 0.2) is 0 Å². The molecule has 0 aliphatic heterocycles. The molecule has 0 saturated heterocycles. The van der Waals surface area contributed by atoms with Gasteiger partial charge in [-0.2, -0.15) is 0 Å². The van der Waals surface area contributed by atoms with Crippen molar-refractivity contribution in [1.82, 2.24) is 9.99 Å². The molecule has 5 nitrogen and oxygen atoms in total. The fraction of sp³-hybridized carbons (Fsp3) is 0.545. The molecule has 1 amide bonds. The molecule has 0 radical (unpaired) electrons. The van der Waals surface area contributed by atoms with E-state index in [0.29, 0.717) is 13.2 Å². The van der Waals surface area contributed by atoms with Crippen molar-refractivity contribution in [3.05, 3.63) is 24.5 Å². The molecule has 0 aliphatic rings. The molecule has 1 atom stereocenters. The summed E-state index contributed by atoms with van der Waals surface area (Å²) in [6.07, 6.45) is 4.54. The molecule has 16 heavy (non-hydrogen) atoms. The Morgan fingerprint density at radius 2 is 2.12 bits per heavy atom. The van der Waals surface area contributed by atoms with Crippen LogP contribution in [0.25, 0.3) is 0 Å². The second-order valence-electron chi connectivity index (χ2n) is 3.58. The number of hydrogen-bond donors (Lipinski definition) is 2. The summed E-state index contributed by atoms with van der Waals surface area (Å²) in [6, 6.07) is 3.54. The number of amides is 1. The Labute approximate surface area is 95.8 Å². The third-order valence-corrected chi connectivity index (χ3v) is 2.16.